The van der Waals surface area contributed by atoms with Crippen molar-refractivity contribution < 1.29 is 13.9 Å². The molecule has 1 amide bonds. The molecule has 4 rings (SSSR count). The molecule has 0 aliphatic heterocycles. The minimum atomic E-state index is -0.265. The van der Waals surface area contributed by atoms with Crippen molar-refractivity contribution in [2.45, 2.75) is 31.9 Å². The highest BCUT2D eigenvalue weighted by atomic mass is 19.1. The van der Waals surface area contributed by atoms with Crippen LogP contribution < -0.4 is 10.1 Å². The molecule has 1 aromatic heterocycles. The summed E-state index contributed by atoms with van der Waals surface area (Å²) in [5.74, 6) is 0.953. The number of ether oxygens (including phenoxy) is 1. The van der Waals surface area contributed by atoms with Crippen LogP contribution in [0.15, 0.2) is 60.8 Å². The fourth-order valence-electron chi connectivity index (χ4n) is 2.73. The lowest BCUT2D eigenvalue weighted by Gasteiger charge is -2.06. The largest absolute Gasteiger partial charge is 0.490 e. The summed E-state index contributed by atoms with van der Waals surface area (Å²) in [6.07, 6.45) is 4.66. The Labute approximate surface area is 156 Å². The highest BCUT2D eigenvalue weighted by Gasteiger charge is 2.23. The molecule has 3 aromatic rings. The van der Waals surface area contributed by atoms with Crippen molar-refractivity contribution in [3.8, 4) is 5.75 Å². The molecule has 1 N–H and O–H groups in total. The number of halogens is 1. The van der Waals surface area contributed by atoms with Crippen LogP contribution in [0.25, 0.3) is 0 Å². The van der Waals surface area contributed by atoms with Crippen molar-refractivity contribution in [2.24, 2.45) is 0 Å². The summed E-state index contributed by atoms with van der Waals surface area (Å²) in [5, 5.41) is 7.13. The van der Waals surface area contributed by atoms with E-state index in [0.29, 0.717) is 18.5 Å². The molecule has 0 radical (unpaired) electrons. The standard InChI is InChI=1S/C21H20FN3O2/c22-17-5-1-16(2-6-17)14-25-12-11-20(24-25)23-21(26)13-15-3-7-18(8-4-15)27-19-9-10-19/h1-8,11-12,19H,9-10,13-14H2,(H,23,24,26). The van der Waals surface area contributed by atoms with Crippen LogP contribution in [0.5, 0.6) is 5.75 Å². The topological polar surface area (TPSA) is 56.1 Å². The van der Waals surface area contributed by atoms with E-state index in [2.05, 4.69) is 10.4 Å². The zero-order valence-corrected chi connectivity index (χ0v) is 14.8. The van der Waals surface area contributed by atoms with E-state index in [4.69, 9.17) is 4.74 Å². The zero-order chi connectivity index (χ0) is 18.6. The molecule has 0 bridgehead atoms. The average Bonchev–Trinajstić information content (AvgIpc) is 3.37. The van der Waals surface area contributed by atoms with Gasteiger partial charge in [0.15, 0.2) is 5.82 Å². The van der Waals surface area contributed by atoms with Gasteiger partial charge in [0.2, 0.25) is 5.91 Å². The van der Waals surface area contributed by atoms with Gasteiger partial charge in [-0.1, -0.05) is 24.3 Å². The Kier molecular flexibility index (Phi) is 4.87. The average molecular weight is 365 g/mol. The maximum Gasteiger partial charge on any atom is 0.229 e. The van der Waals surface area contributed by atoms with Crippen LogP contribution in [0.1, 0.15) is 24.0 Å². The van der Waals surface area contributed by atoms with Gasteiger partial charge in [-0.25, -0.2) is 4.39 Å². The summed E-state index contributed by atoms with van der Waals surface area (Å²) in [6, 6.07) is 15.6. The predicted molar refractivity (Wildman–Crippen MR) is 100 cm³/mol. The van der Waals surface area contributed by atoms with Crippen LogP contribution in [0, 0.1) is 5.82 Å². The van der Waals surface area contributed by atoms with Gasteiger partial charge >= 0.3 is 0 Å². The third kappa shape index (κ3) is 4.94. The van der Waals surface area contributed by atoms with E-state index in [1.165, 1.54) is 12.1 Å². The second kappa shape index (κ2) is 7.61. The molecule has 6 heteroatoms. The van der Waals surface area contributed by atoms with Crippen LogP contribution in [-0.2, 0) is 17.8 Å². The van der Waals surface area contributed by atoms with Gasteiger partial charge in [-0.3, -0.25) is 9.48 Å². The summed E-state index contributed by atoms with van der Waals surface area (Å²) in [7, 11) is 0. The second-order valence-corrected chi connectivity index (χ2v) is 6.71. The van der Waals surface area contributed by atoms with Crippen LogP contribution in [0.2, 0.25) is 0 Å². The fraction of sp³-hybridized carbons (Fsp3) is 0.238. The Balaban J connectivity index is 1.30. The molecule has 1 saturated carbocycles. The number of carbonyl (C=O) groups excluding carboxylic acids is 1. The highest BCUT2D eigenvalue weighted by Crippen LogP contribution is 2.26. The molecule has 0 spiro atoms. The highest BCUT2D eigenvalue weighted by molar-refractivity contribution is 5.91. The van der Waals surface area contributed by atoms with E-state index in [1.54, 1.807) is 29.1 Å². The molecule has 1 fully saturated rings. The molecule has 0 unspecified atom stereocenters. The molecule has 0 saturated heterocycles. The third-order valence-electron chi connectivity index (χ3n) is 4.28. The van der Waals surface area contributed by atoms with E-state index in [-0.39, 0.29) is 18.1 Å². The lowest BCUT2D eigenvalue weighted by atomic mass is 10.1. The second-order valence-electron chi connectivity index (χ2n) is 6.71. The van der Waals surface area contributed by atoms with Crippen molar-refractivity contribution in [1.82, 2.24) is 9.78 Å². The monoisotopic (exact) mass is 365 g/mol. The Morgan fingerprint density at radius 1 is 1.07 bits per heavy atom. The van der Waals surface area contributed by atoms with Crippen molar-refractivity contribution in [3.63, 3.8) is 0 Å². The Morgan fingerprint density at radius 3 is 2.48 bits per heavy atom. The molecular formula is C21H20FN3O2. The van der Waals surface area contributed by atoms with Gasteiger partial charge in [-0.2, -0.15) is 5.10 Å². The molecule has 2 aromatic carbocycles. The van der Waals surface area contributed by atoms with Crippen molar-refractivity contribution >= 4 is 11.7 Å². The fourth-order valence-corrected chi connectivity index (χ4v) is 2.73. The molecule has 1 heterocycles. The van der Waals surface area contributed by atoms with Gasteiger partial charge in [-0.15, -0.1) is 0 Å². The number of hydrogen-bond acceptors (Lipinski definition) is 3. The number of aromatic nitrogens is 2. The number of benzene rings is 2. The van der Waals surface area contributed by atoms with Crippen LogP contribution in [-0.4, -0.2) is 21.8 Å². The number of amides is 1. The first-order valence-corrected chi connectivity index (χ1v) is 8.97. The number of rotatable bonds is 7. The number of anilines is 1. The van der Waals surface area contributed by atoms with Crippen molar-refractivity contribution in [1.29, 1.82) is 0 Å². The lowest BCUT2D eigenvalue weighted by Crippen LogP contribution is -2.15. The Morgan fingerprint density at radius 2 is 1.78 bits per heavy atom. The first-order valence-electron chi connectivity index (χ1n) is 8.97. The molecule has 1 aliphatic carbocycles. The summed E-state index contributed by atoms with van der Waals surface area (Å²) in [6.45, 7) is 0.513. The first-order chi connectivity index (χ1) is 13.1. The quantitative estimate of drug-likeness (QED) is 0.693. The van der Waals surface area contributed by atoms with E-state index in [1.807, 2.05) is 24.3 Å². The molecule has 138 valence electrons. The smallest absolute Gasteiger partial charge is 0.229 e. The minimum absolute atomic E-state index is 0.127. The van der Waals surface area contributed by atoms with Gasteiger partial charge in [0, 0.05) is 12.3 Å². The van der Waals surface area contributed by atoms with Crippen LogP contribution in [0.3, 0.4) is 0 Å². The normalized spacial score (nSPS) is 13.4. The van der Waals surface area contributed by atoms with E-state index in [0.717, 1.165) is 29.7 Å². The van der Waals surface area contributed by atoms with Crippen molar-refractivity contribution in [2.75, 3.05) is 5.32 Å². The molecule has 5 nitrogen and oxygen atoms in total. The molecule has 27 heavy (non-hydrogen) atoms. The maximum absolute atomic E-state index is 13.0. The van der Waals surface area contributed by atoms with Gasteiger partial charge in [0.1, 0.15) is 11.6 Å². The lowest BCUT2D eigenvalue weighted by molar-refractivity contribution is -0.115. The number of hydrogen-bond donors (Lipinski definition) is 1. The van der Waals surface area contributed by atoms with E-state index in [9.17, 15) is 9.18 Å². The van der Waals surface area contributed by atoms with E-state index >= 15 is 0 Å². The maximum atomic E-state index is 13.0. The molecule has 1 aliphatic rings. The first kappa shape index (κ1) is 17.3. The number of nitrogens with zero attached hydrogens (tertiary/aromatic N) is 2. The summed E-state index contributed by atoms with van der Waals surface area (Å²) in [4.78, 5) is 12.2. The molecular weight excluding hydrogens is 345 g/mol. The summed E-state index contributed by atoms with van der Waals surface area (Å²) in [5.41, 5.74) is 1.85. The van der Waals surface area contributed by atoms with Crippen molar-refractivity contribution in [3.05, 3.63) is 77.7 Å². The Bertz CT molecular complexity index is 915. The van der Waals surface area contributed by atoms with Crippen LogP contribution in [0.4, 0.5) is 10.2 Å². The zero-order valence-electron chi connectivity index (χ0n) is 14.8. The number of carbonyl (C=O) groups is 1. The third-order valence-corrected chi connectivity index (χ3v) is 4.28. The Hall–Kier alpha value is -3.15. The molecule has 0 atom stereocenters. The predicted octanol–water partition coefficient (Wildman–Crippen LogP) is 3.79. The number of nitrogens with one attached hydrogen (secondary N) is 1. The van der Waals surface area contributed by atoms with Crippen LogP contribution >= 0.6 is 0 Å². The van der Waals surface area contributed by atoms with E-state index < -0.39 is 0 Å². The van der Waals surface area contributed by atoms with Gasteiger partial charge < -0.3 is 10.1 Å². The van der Waals surface area contributed by atoms with Gasteiger partial charge in [-0.05, 0) is 48.2 Å². The minimum Gasteiger partial charge on any atom is -0.490 e. The summed E-state index contributed by atoms with van der Waals surface area (Å²) >= 11 is 0. The summed E-state index contributed by atoms with van der Waals surface area (Å²) < 4.78 is 20.4. The SMILES string of the molecule is O=C(Cc1ccc(OC2CC2)cc1)Nc1ccn(Cc2ccc(F)cc2)n1. The van der Waals surface area contributed by atoms with Gasteiger partial charge in [0.25, 0.3) is 0 Å². The van der Waals surface area contributed by atoms with Gasteiger partial charge in [0.05, 0.1) is 19.1 Å².